The van der Waals surface area contributed by atoms with E-state index in [1.807, 2.05) is 0 Å². The first-order chi connectivity index (χ1) is 8.60. The predicted octanol–water partition coefficient (Wildman–Crippen LogP) is 1.09. The lowest BCUT2D eigenvalue weighted by Gasteiger charge is -2.18. The highest BCUT2D eigenvalue weighted by atomic mass is 16.6. The molecule has 0 spiro atoms. The van der Waals surface area contributed by atoms with E-state index in [2.05, 4.69) is 0 Å². The first-order valence-electron chi connectivity index (χ1n) is 5.75. The molecule has 1 fully saturated rings. The van der Waals surface area contributed by atoms with Gasteiger partial charge in [0, 0.05) is 19.0 Å². The van der Waals surface area contributed by atoms with E-state index in [9.17, 15) is 14.4 Å². The van der Waals surface area contributed by atoms with Crippen molar-refractivity contribution < 1.29 is 29.3 Å². The summed E-state index contributed by atoms with van der Waals surface area (Å²) < 4.78 is 5.06. The molecule has 1 aliphatic heterocycles. The van der Waals surface area contributed by atoms with E-state index in [4.69, 9.17) is 14.9 Å². The third-order valence-corrected chi connectivity index (χ3v) is 2.46. The van der Waals surface area contributed by atoms with Crippen molar-refractivity contribution in [3.05, 3.63) is 11.6 Å². The van der Waals surface area contributed by atoms with E-state index in [0.29, 0.717) is 5.57 Å². The minimum Gasteiger partial charge on any atom is -0.480 e. The maximum Gasteiger partial charge on any atom is 0.408 e. The van der Waals surface area contributed by atoms with E-state index in [1.165, 1.54) is 6.08 Å². The fourth-order valence-corrected chi connectivity index (χ4v) is 1.78. The van der Waals surface area contributed by atoms with Gasteiger partial charge in [-0.1, -0.05) is 0 Å². The molecule has 19 heavy (non-hydrogen) atoms. The smallest absolute Gasteiger partial charge is 0.408 e. The highest BCUT2D eigenvalue weighted by Crippen LogP contribution is 2.23. The molecule has 106 valence electrons. The molecule has 0 aliphatic carbocycles. The Morgan fingerprint density at radius 2 is 1.89 bits per heavy atom. The summed E-state index contributed by atoms with van der Waals surface area (Å²) in [6.07, 6.45) is -0.148. The van der Waals surface area contributed by atoms with Crippen LogP contribution in [0.3, 0.4) is 0 Å². The van der Waals surface area contributed by atoms with Crippen LogP contribution in [0.15, 0.2) is 11.6 Å². The van der Waals surface area contributed by atoms with E-state index in [0.717, 1.165) is 4.90 Å². The standard InChI is InChI=1S/C12H17NO6/c1-12(2,3)19-9(14)5-7-4-8(10(15)16)13(6-7)11(17)18/h5,8H,4,6H2,1-3H3,(H,15,16)(H,17,18)/t8-/m0/s1. The van der Waals surface area contributed by atoms with Gasteiger partial charge in [0.1, 0.15) is 11.6 Å². The number of esters is 1. The van der Waals surface area contributed by atoms with Crippen LogP contribution in [0.1, 0.15) is 27.2 Å². The zero-order valence-electron chi connectivity index (χ0n) is 11.0. The van der Waals surface area contributed by atoms with Crippen LogP contribution in [0.4, 0.5) is 4.79 Å². The minimum absolute atomic E-state index is 0.000869. The number of carbonyl (C=O) groups excluding carboxylic acids is 1. The van der Waals surface area contributed by atoms with Gasteiger partial charge in [0.15, 0.2) is 0 Å². The predicted molar refractivity (Wildman–Crippen MR) is 64.7 cm³/mol. The first kappa shape index (κ1) is 15.0. The van der Waals surface area contributed by atoms with Crippen molar-refractivity contribution in [3.8, 4) is 0 Å². The summed E-state index contributed by atoms with van der Waals surface area (Å²) in [5, 5.41) is 17.8. The number of nitrogens with zero attached hydrogens (tertiary/aromatic N) is 1. The Balaban J connectivity index is 2.79. The molecule has 2 N–H and O–H groups in total. The van der Waals surface area contributed by atoms with E-state index in [-0.39, 0.29) is 13.0 Å². The van der Waals surface area contributed by atoms with Gasteiger partial charge in [-0.15, -0.1) is 0 Å². The Morgan fingerprint density at radius 3 is 2.26 bits per heavy atom. The molecule has 7 nitrogen and oxygen atoms in total. The van der Waals surface area contributed by atoms with Crippen LogP contribution >= 0.6 is 0 Å². The average molecular weight is 271 g/mol. The summed E-state index contributed by atoms with van der Waals surface area (Å²) in [6, 6.07) is -1.15. The number of likely N-dealkylation sites (tertiary alicyclic amines) is 1. The van der Waals surface area contributed by atoms with Crippen LogP contribution in [-0.2, 0) is 14.3 Å². The summed E-state index contributed by atoms with van der Waals surface area (Å²) in [5.41, 5.74) is -0.213. The number of carboxylic acid groups (broad SMARTS) is 2. The molecule has 1 rings (SSSR count). The van der Waals surface area contributed by atoms with Gasteiger partial charge in [0.2, 0.25) is 0 Å². The highest BCUT2D eigenvalue weighted by Gasteiger charge is 2.37. The van der Waals surface area contributed by atoms with Crippen LogP contribution in [-0.4, -0.2) is 51.3 Å². The van der Waals surface area contributed by atoms with Crippen molar-refractivity contribution in [2.24, 2.45) is 0 Å². The normalized spacial score (nSPS) is 21.5. The fraction of sp³-hybridized carbons (Fsp3) is 0.583. The van der Waals surface area contributed by atoms with Crippen LogP contribution in [0.2, 0.25) is 0 Å². The summed E-state index contributed by atoms with van der Waals surface area (Å²) in [4.78, 5) is 34.2. The number of aliphatic carboxylic acids is 1. The maximum atomic E-state index is 11.6. The number of hydrogen-bond donors (Lipinski definition) is 2. The number of carboxylic acids is 1. The van der Waals surface area contributed by atoms with Crippen LogP contribution in [0.5, 0.6) is 0 Å². The van der Waals surface area contributed by atoms with E-state index >= 15 is 0 Å². The molecule has 1 aliphatic rings. The van der Waals surface area contributed by atoms with Crippen LogP contribution < -0.4 is 0 Å². The van der Waals surface area contributed by atoms with Gasteiger partial charge in [-0.3, -0.25) is 4.90 Å². The summed E-state index contributed by atoms with van der Waals surface area (Å²) in [7, 11) is 0. The van der Waals surface area contributed by atoms with Gasteiger partial charge in [0.05, 0.1) is 0 Å². The third-order valence-electron chi connectivity index (χ3n) is 2.46. The molecule has 1 saturated heterocycles. The number of amides is 1. The zero-order chi connectivity index (χ0) is 14.8. The zero-order valence-corrected chi connectivity index (χ0v) is 11.0. The second-order valence-corrected chi connectivity index (χ2v) is 5.30. The topological polar surface area (TPSA) is 104 Å². The van der Waals surface area contributed by atoms with Crippen molar-refractivity contribution >= 4 is 18.0 Å². The van der Waals surface area contributed by atoms with Gasteiger partial charge < -0.3 is 14.9 Å². The van der Waals surface area contributed by atoms with Crippen molar-refractivity contribution in [2.75, 3.05) is 6.54 Å². The fourth-order valence-electron chi connectivity index (χ4n) is 1.78. The number of rotatable bonds is 2. The Hall–Kier alpha value is -2.05. The monoisotopic (exact) mass is 271 g/mol. The van der Waals surface area contributed by atoms with Crippen molar-refractivity contribution in [3.63, 3.8) is 0 Å². The molecular weight excluding hydrogens is 254 g/mol. The Bertz CT molecular complexity index is 410. The second kappa shape index (κ2) is 5.29. The molecule has 0 aromatic heterocycles. The van der Waals surface area contributed by atoms with Gasteiger partial charge in [-0.05, 0) is 26.3 Å². The van der Waals surface area contributed by atoms with Gasteiger partial charge >= 0.3 is 18.0 Å². The molecule has 1 amide bonds. The molecular formula is C12H17NO6. The number of carbonyl (C=O) groups is 3. The molecule has 7 heteroatoms. The van der Waals surface area contributed by atoms with Crippen molar-refractivity contribution in [1.82, 2.24) is 4.90 Å². The van der Waals surface area contributed by atoms with E-state index < -0.39 is 29.7 Å². The molecule has 0 aromatic carbocycles. The first-order valence-corrected chi connectivity index (χ1v) is 5.75. The number of ether oxygens (including phenoxy) is 1. The molecule has 0 unspecified atom stereocenters. The molecule has 0 saturated carbocycles. The van der Waals surface area contributed by atoms with Gasteiger partial charge in [-0.25, -0.2) is 14.4 Å². The molecule has 0 bridgehead atoms. The Labute approximate surface area is 110 Å². The quantitative estimate of drug-likeness (QED) is 0.575. The largest absolute Gasteiger partial charge is 0.480 e. The third kappa shape index (κ3) is 4.27. The molecule has 1 atom stereocenters. The Morgan fingerprint density at radius 1 is 1.32 bits per heavy atom. The molecule has 0 aromatic rings. The van der Waals surface area contributed by atoms with Crippen LogP contribution in [0, 0.1) is 0 Å². The lowest BCUT2D eigenvalue weighted by molar-refractivity contribution is -0.148. The number of hydrogen-bond acceptors (Lipinski definition) is 4. The lowest BCUT2D eigenvalue weighted by Crippen LogP contribution is -2.39. The summed E-state index contributed by atoms with van der Waals surface area (Å²) in [6.45, 7) is 5.04. The molecule has 0 radical (unpaired) electrons. The summed E-state index contributed by atoms with van der Waals surface area (Å²) >= 11 is 0. The average Bonchev–Trinajstić information content (AvgIpc) is 2.58. The van der Waals surface area contributed by atoms with E-state index in [1.54, 1.807) is 20.8 Å². The van der Waals surface area contributed by atoms with Gasteiger partial charge in [0.25, 0.3) is 0 Å². The molecule has 1 heterocycles. The second-order valence-electron chi connectivity index (χ2n) is 5.30. The lowest BCUT2D eigenvalue weighted by atomic mass is 10.1. The Kier molecular flexibility index (Phi) is 4.18. The van der Waals surface area contributed by atoms with Crippen LogP contribution in [0.25, 0.3) is 0 Å². The minimum atomic E-state index is -1.32. The van der Waals surface area contributed by atoms with Crippen molar-refractivity contribution in [1.29, 1.82) is 0 Å². The van der Waals surface area contributed by atoms with Gasteiger partial charge in [-0.2, -0.15) is 0 Å². The van der Waals surface area contributed by atoms with Crippen molar-refractivity contribution in [2.45, 2.75) is 38.8 Å². The maximum absolute atomic E-state index is 11.6. The highest BCUT2D eigenvalue weighted by molar-refractivity contribution is 5.85. The summed E-state index contributed by atoms with van der Waals surface area (Å²) in [5.74, 6) is -1.83. The SMILES string of the molecule is CC(C)(C)OC(=O)C=C1C[C@@H](C(=O)O)N(C(=O)O)C1.